The summed E-state index contributed by atoms with van der Waals surface area (Å²) in [5.74, 6) is 0.363. The van der Waals surface area contributed by atoms with Crippen LogP contribution in [-0.4, -0.2) is 30.9 Å². The third-order valence-corrected chi connectivity index (χ3v) is 4.42. The van der Waals surface area contributed by atoms with Gasteiger partial charge in [0, 0.05) is 17.6 Å². The van der Waals surface area contributed by atoms with E-state index in [1.54, 1.807) is 7.11 Å². The van der Waals surface area contributed by atoms with Gasteiger partial charge in [-0.15, -0.1) is 0 Å². The summed E-state index contributed by atoms with van der Waals surface area (Å²) in [7, 11) is 1.63. The molecule has 1 aromatic carbocycles. The lowest BCUT2D eigenvalue weighted by Crippen LogP contribution is -2.42. The molecule has 0 saturated carbocycles. The van der Waals surface area contributed by atoms with Crippen molar-refractivity contribution in [3.05, 3.63) is 29.8 Å². The van der Waals surface area contributed by atoms with Gasteiger partial charge in [-0.25, -0.2) is 0 Å². The van der Waals surface area contributed by atoms with Gasteiger partial charge in [0.1, 0.15) is 5.75 Å². The smallest absolute Gasteiger partial charge is 0.304 e. The Morgan fingerprint density at radius 1 is 1.48 bits per heavy atom. The molecular formula is C17H24O4. The maximum Gasteiger partial charge on any atom is 0.304 e. The van der Waals surface area contributed by atoms with Crippen molar-refractivity contribution in [2.24, 2.45) is 5.92 Å². The van der Waals surface area contributed by atoms with Crippen LogP contribution in [0.5, 0.6) is 5.75 Å². The standard InChI is InChI=1S/C17H24O4/c1-12(2)15-10-17(8-9-21-15,11-16(18)19)13-6-4-5-7-14(13)20-3/h4-7,12,15H,8-11H2,1-3H3,(H,18,19)/t15-,17+/m0/s1. The average molecular weight is 292 g/mol. The summed E-state index contributed by atoms with van der Waals surface area (Å²) in [5.41, 5.74) is 0.579. The van der Waals surface area contributed by atoms with Crippen molar-refractivity contribution in [1.29, 1.82) is 0 Å². The van der Waals surface area contributed by atoms with Crippen LogP contribution in [0, 0.1) is 5.92 Å². The highest BCUT2D eigenvalue weighted by Gasteiger charge is 2.42. The first-order valence-corrected chi connectivity index (χ1v) is 7.45. The first kappa shape index (κ1) is 15.8. The molecule has 0 aromatic heterocycles. The van der Waals surface area contributed by atoms with Gasteiger partial charge in [0.25, 0.3) is 0 Å². The van der Waals surface area contributed by atoms with Crippen molar-refractivity contribution < 1.29 is 19.4 Å². The quantitative estimate of drug-likeness (QED) is 0.905. The predicted molar refractivity (Wildman–Crippen MR) is 80.7 cm³/mol. The largest absolute Gasteiger partial charge is 0.496 e. The minimum atomic E-state index is -0.773. The summed E-state index contributed by atoms with van der Waals surface area (Å²) >= 11 is 0. The summed E-state index contributed by atoms with van der Waals surface area (Å²) < 4.78 is 11.3. The molecule has 1 heterocycles. The van der Waals surface area contributed by atoms with Gasteiger partial charge in [0.2, 0.25) is 0 Å². The number of aliphatic carboxylic acids is 1. The van der Waals surface area contributed by atoms with Crippen molar-refractivity contribution in [2.45, 2.75) is 44.6 Å². The molecule has 0 radical (unpaired) electrons. The molecule has 1 saturated heterocycles. The van der Waals surface area contributed by atoms with E-state index in [0.717, 1.165) is 17.7 Å². The summed E-state index contributed by atoms with van der Waals surface area (Å²) in [6, 6.07) is 7.75. The number of hydrogen-bond donors (Lipinski definition) is 1. The Balaban J connectivity index is 2.43. The molecular weight excluding hydrogens is 268 g/mol. The maximum absolute atomic E-state index is 11.4. The number of methoxy groups -OCH3 is 1. The number of carbonyl (C=O) groups is 1. The van der Waals surface area contributed by atoms with Crippen LogP contribution in [0.4, 0.5) is 0 Å². The van der Waals surface area contributed by atoms with Gasteiger partial charge in [0.05, 0.1) is 19.6 Å². The summed E-state index contributed by atoms with van der Waals surface area (Å²) in [6.45, 7) is 4.82. The Hall–Kier alpha value is -1.55. The minimum Gasteiger partial charge on any atom is -0.496 e. The van der Waals surface area contributed by atoms with Crippen LogP contribution in [0.15, 0.2) is 24.3 Å². The van der Waals surface area contributed by atoms with E-state index in [1.807, 2.05) is 24.3 Å². The van der Waals surface area contributed by atoms with Gasteiger partial charge in [-0.3, -0.25) is 4.79 Å². The second-order valence-electron chi connectivity index (χ2n) is 6.16. The van der Waals surface area contributed by atoms with Gasteiger partial charge < -0.3 is 14.6 Å². The Labute approximate surface area is 126 Å². The molecule has 1 fully saturated rings. The zero-order valence-corrected chi connectivity index (χ0v) is 13.0. The molecule has 4 nitrogen and oxygen atoms in total. The second-order valence-corrected chi connectivity index (χ2v) is 6.16. The monoisotopic (exact) mass is 292 g/mol. The third-order valence-electron chi connectivity index (χ3n) is 4.42. The van der Waals surface area contributed by atoms with E-state index in [4.69, 9.17) is 9.47 Å². The third kappa shape index (κ3) is 3.38. The van der Waals surface area contributed by atoms with Gasteiger partial charge in [-0.05, 0) is 24.8 Å². The molecule has 2 atom stereocenters. The van der Waals surface area contributed by atoms with Gasteiger partial charge in [-0.1, -0.05) is 32.0 Å². The van der Waals surface area contributed by atoms with E-state index in [1.165, 1.54) is 0 Å². The molecule has 116 valence electrons. The molecule has 0 aliphatic carbocycles. The summed E-state index contributed by atoms with van der Waals surface area (Å²) in [5, 5.41) is 9.40. The predicted octanol–water partition coefficient (Wildman–Crippen LogP) is 3.24. The molecule has 0 unspecified atom stereocenters. The summed E-state index contributed by atoms with van der Waals surface area (Å²) in [4.78, 5) is 11.4. The van der Waals surface area contributed by atoms with Crippen LogP contribution >= 0.6 is 0 Å². The van der Waals surface area contributed by atoms with Crippen LogP contribution in [0.2, 0.25) is 0 Å². The highest BCUT2D eigenvalue weighted by Crippen LogP contribution is 2.45. The zero-order valence-electron chi connectivity index (χ0n) is 13.0. The Morgan fingerprint density at radius 3 is 2.81 bits per heavy atom. The van der Waals surface area contributed by atoms with Crippen molar-refractivity contribution in [2.75, 3.05) is 13.7 Å². The highest BCUT2D eigenvalue weighted by molar-refractivity contribution is 5.69. The van der Waals surface area contributed by atoms with Crippen molar-refractivity contribution in [3.8, 4) is 5.75 Å². The number of carboxylic acids is 1. The topological polar surface area (TPSA) is 55.8 Å². The molecule has 21 heavy (non-hydrogen) atoms. The number of carboxylic acid groups (broad SMARTS) is 1. The van der Waals surface area contributed by atoms with E-state index in [9.17, 15) is 9.90 Å². The average Bonchev–Trinajstić information content (AvgIpc) is 2.46. The van der Waals surface area contributed by atoms with Crippen LogP contribution < -0.4 is 4.74 Å². The van der Waals surface area contributed by atoms with Crippen LogP contribution in [0.25, 0.3) is 0 Å². The second kappa shape index (κ2) is 6.48. The van der Waals surface area contributed by atoms with Crippen LogP contribution in [0.1, 0.15) is 38.7 Å². The van der Waals surface area contributed by atoms with Gasteiger partial charge in [-0.2, -0.15) is 0 Å². The number of para-hydroxylation sites is 1. The first-order valence-electron chi connectivity index (χ1n) is 7.45. The highest BCUT2D eigenvalue weighted by atomic mass is 16.5. The van der Waals surface area contributed by atoms with E-state index in [0.29, 0.717) is 18.9 Å². The van der Waals surface area contributed by atoms with E-state index < -0.39 is 11.4 Å². The lowest BCUT2D eigenvalue weighted by Gasteiger charge is -2.42. The fraction of sp³-hybridized carbons (Fsp3) is 0.588. The lowest BCUT2D eigenvalue weighted by molar-refractivity contribution is -0.140. The van der Waals surface area contributed by atoms with Crippen molar-refractivity contribution in [1.82, 2.24) is 0 Å². The summed E-state index contributed by atoms with van der Waals surface area (Å²) in [6.07, 6.45) is 1.63. The Morgan fingerprint density at radius 2 is 2.19 bits per heavy atom. The molecule has 1 aliphatic heterocycles. The number of hydrogen-bond acceptors (Lipinski definition) is 3. The molecule has 2 rings (SSSR count). The first-order chi connectivity index (χ1) is 9.98. The number of rotatable bonds is 5. The van der Waals surface area contributed by atoms with E-state index in [-0.39, 0.29) is 12.5 Å². The molecule has 1 aromatic rings. The lowest BCUT2D eigenvalue weighted by atomic mass is 9.68. The van der Waals surface area contributed by atoms with E-state index in [2.05, 4.69) is 13.8 Å². The number of benzene rings is 1. The molecule has 0 amide bonds. The molecule has 0 spiro atoms. The number of ether oxygens (including phenoxy) is 2. The Bertz CT molecular complexity index is 497. The zero-order chi connectivity index (χ0) is 15.5. The fourth-order valence-electron chi connectivity index (χ4n) is 3.25. The molecule has 1 N–H and O–H groups in total. The van der Waals surface area contributed by atoms with Gasteiger partial charge in [0.15, 0.2) is 0 Å². The molecule has 4 heteroatoms. The van der Waals surface area contributed by atoms with E-state index >= 15 is 0 Å². The van der Waals surface area contributed by atoms with Crippen molar-refractivity contribution >= 4 is 5.97 Å². The molecule has 0 bridgehead atoms. The SMILES string of the molecule is COc1ccccc1[C@]1(CC(=O)O)CCO[C@H](C(C)C)C1. The Kier molecular flexibility index (Phi) is 4.88. The van der Waals surface area contributed by atoms with Crippen LogP contribution in [0.3, 0.4) is 0 Å². The van der Waals surface area contributed by atoms with Crippen LogP contribution in [-0.2, 0) is 14.9 Å². The minimum absolute atomic E-state index is 0.0861. The maximum atomic E-state index is 11.4. The fourth-order valence-corrected chi connectivity index (χ4v) is 3.25. The van der Waals surface area contributed by atoms with Crippen molar-refractivity contribution in [3.63, 3.8) is 0 Å². The molecule has 1 aliphatic rings. The van der Waals surface area contributed by atoms with Gasteiger partial charge >= 0.3 is 5.97 Å². The normalized spacial score (nSPS) is 25.8.